The van der Waals surface area contributed by atoms with Crippen LogP contribution < -0.4 is 0 Å². The predicted octanol–water partition coefficient (Wildman–Crippen LogP) is 1.34. The molecule has 0 aromatic carbocycles. The molecule has 5 heteroatoms. The van der Waals surface area contributed by atoms with Gasteiger partial charge in [0.15, 0.2) is 0 Å². The average Bonchev–Trinajstić information content (AvgIpc) is 2.33. The second-order valence-corrected chi connectivity index (χ2v) is 2.81. The fourth-order valence-corrected chi connectivity index (χ4v) is 1.49. The molecular weight excluding hydrogens is 154 g/mol. The summed E-state index contributed by atoms with van der Waals surface area (Å²) in [6, 6.07) is 0.0301. The molecule has 1 aliphatic rings. The van der Waals surface area contributed by atoms with Crippen molar-refractivity contribution < 1.29 is 14.1 Å². The minimum absolute atomic E-state index is 0.0301. The molecule has 1 unspecified atom stereocenters. The van der Waals surface area contributed by atoms with E-state index in [1.165, 1.54) is 4.31 Å². The zero-order valence-corrected chi connectivity index (χ0v) is 6.43. The van der Waals surface area contributed by atoms with Gasteiger partial charge in [-0.25, -0.2) is 9.10 Å². The molecule has 1 N–H and O–H groups in total. The van der Waals surface area contributed by atoms with Crippen molar-refractivity contribution in [2.45, 2.75) is 19.4 Å². The van der Waals surface area contributed by atoms with Crippen LogP contribution in [-0.4, -0.2) is 28.2 Å². The third-order valence-electron chi connectivity index (χ3n) is 1.38. The molecule has 0 saturated carbocycles. The molecule has 0 spiro atoms. The van der Waals surface area contributed by atoms with E-state index in [0.29, 0.717) is 6.61 Å². The highest BCUT2D eigenvalue weighted by Crippen LogP contribution is 2.25. The Morgan fingerprint density at radius 3 is 3.10 bits per heavy atom. The molecule has 4 nitrogen and oxygen atoms in total. The summed E-state index contributed by atoms with van der Waals surface area (Å²) in [7, 11) is 0. The van der Waals surface area contributed by atoms with E-state index in [1.54, 1.807) is 0 Å². The highest BCUT2D eigenvalue weighted by Gasteiger charge is 2.29. The Kier molecular flexibility index (Phi) is 2.39. The van der Waals surface area contributed by atoms with Crippen LogP contribution in [0.4, 0.5) is 4.79 Å². The fraction of sp³-hybridized carbons (Fsp3) is 0.800. The lowest BCUT2D eigenvalue weighted by molar-refractivity contribution is 0.165. The van der Waals surface area contributed by atoms with Crippen molar-refractivity contribution in [1.29, 1.82) is 0 Å². The molecule has 0 aliphatic carbocycles. The molecule has 0 aromatic heterocycles. The third-order valence-corrected chi connectivity index (χ3v) is 2.24. The Hall–Kier alpha value is -0.420. The van der Waals surface area contributed by atoms with Gasteiger partial charge in [0, 0.05) is 0 Å². The van der Waals surface area contributed by atoms with Gasteiger partial charge in [-0.3, -0.25) is 4.18 Å². The number of amides is 1. The summed E-state index contributed by atoms with van der Waals surface area (Å²) in [5.41, 5.74) is 0. The Morgan fingerprint density at radius 2 is 2.70 bits per heavy atom. The topological polar surface area (TPSA) is 49.8 Å². The lowest BCUT2D eigenvalue weighted by atomic mass is 10.2. The Bertz CT molecular complexity index is 141. The van der Waals surface area contributed by atoms with Gasteiger partial charge in [0.1, 0.15) is 12.2 Å². The van der Waals surface area contributed by atoms with E-state index in [9.17, 15) is 4.79 Å². The van der Waals surface area contributed by atoms with Crippen LogP contribution in [-0.2, 0) is 4.18 Å². The smallest absolute Gasteiger partial charge is 0.419 e. The van der Waals surface area contributed by atoms with Gasteiger partial charge >= 0.3 is 6.09 Å². The van der Waals surface area contributed by atoms with Crippen molar-refractivity contribution in [3.05, 3.63) is 0 Å². The molecule has 0 aromatic rings. The van der Waals surface area contributed by atoms with Crippen molar-refractivity contribution in [2.24, 2.45) is 0 Å². The van der Waals surface area contributed by atoms with Crippen LogP contribution in [0, 0.1) is 0 Å². The predicted molar refractivity (Wildman–Crippen MR) is 37.5 cm³/mol. The molecule has 1 amide bonds. The number of hydrogen-bond acceptors (Lipinski definition) is 3. The summed E-state index contributed by atoms with van der Waals surface area (Å²) < 4.78 is 6.12. The monoisotopic (exact) mass is 163 g/mol. The summed E-state index contributed by atoms with van der Waals surface area (Å²) in [5.74, 6) is 0. The molecule has 1 rings (SSSR count). The van der Waals surface area contributed by atoms with Crippen molar-refractivity contribution in [3.8, 4) is 0 Å². The molecule has 0 bridgehead atoms. The van der Waals surface area contributed by atoms with Gasteiger partial charge in [0.05, 0.1) is 12.6 Å². The van der Waals surface area contributed by atoms with Gasteiger partial charge in [-0.2, -0.15) is 0 Å². The maximum atomic E-state index is 10.4. The SMILES string of the molecule is CCC1COSN1C(=O)O. The first-order valence-corrected chi connectivity index (χ1v) is 3.77. The van der Waals surface area contributed by atoms with E-state index >= 15 is 0 Å². The maximum absolute atomic E-state index is 10.4. The Labute approximate surface area is 63.5 Å². The van der Waals surface area contributed by atoms with Crippen molar-refractivity contribution >= 4 is 18.3 Å². The van der Waals surface area contributed by atoms with Gasteiger partial charge in [-0.1, -0.05) is 6.92 Å². The quantitative estimate of drug-likeness (QED) is 0.468. The number of rotatable bonds is 1. The zero-order valence-electron chi connectivity index (χ0n) is 5.61. The maximum Gasteiger partial charge on any atom is 0.419 e. The van der Waals surface area contributed by atoms with Crippen molar-refractivity contribution in [1.82, 2.24) is 4.31 Å². The summed E-state index contributed by atoms with van der Waals surface area (Å²) in [4.78, 5) is 10.4. The van der Waals surface area contributed by atoms with E-state index in [1.807, 2.05) is 6.92 Å². The van der Waals surface area contributed by atoms with E-state index in [0.717, 1.165) is 18.6 Å². The van der Waals surface area contributed by atoms with E-state index < -0.39 is 6.09 Å². The summed E-state index contributed by atoms with van der Waals surface area (Å²) in [5, 5.41) is 8.54. The minimum Gasteiger partial charge on any atom is -0.464 e. The van der Waals surface area contributed by atoms with Crippen LogP contribution in [0.1, 0.15) is 13.3 Å². The van der Waals surface area contributed by atoms with Gasteiger partial charge in [-0.15, -0.1) is 0 Å². The summed E-state index contributed by atoms with van der Waals surface area (Å²) in [6.45, 7) is 2.45. The molecule has 1 fully saturated rings. The molecule has 10 heavy (non-hydrogen) atoms. The van der Waals surface area contributed by atoms with Gasteiger partial charge in [-0.05, 0) is 6.42 Å². The van der Waals surface area contributed by atoms with Crippen molar-refractivity contribution in [2.75, 3.05) is 6.61 Å². The minimum atomic E-state index is -0.922. The van der Waals surface area contributed by atoms with E-state index in [2.05, 4.69) is 0 Å². The van der Waals surface area contributed by atoms with Gasteiger partial charge in [0.25, 0.3) is 0 Å². The fourth-order valence-electron chi connectivity index (χ4n) is 0.766. The largest absolute Gasteiger partial charge is 0.464 e. The molecule has 58 valence electrons. The third kappa shape index (κ3) is 1.35. The summed E-state index contributed by atoms with van der Waals surface area (Å²) >= 11 is 0.917. The van der Waals surface area contributed by atoms with Crippen LogP contribution in [0.5, 0.6) is 0 Å². The first-order valence-electron chi connectivity index (χ1n) is 3.07. The first-order chi connectivity index (χ1) is 4.75. The second-order valence-electron chi connectivity index (χ2n) is 2.03. The standard InChI is InChI=1S/C5H9NO3S/c1-2-4-3-9-10-6(4)5(7)8/h4H,2-3H2,1H3,(H,7,8). The number of nitrogens with zero attached hydrogens (tertiary/aromatic N) is 1. The number of hydrogen-bond donors (Lipinski definition) is 1. The van der Waals surface area contributed by atoms with Gasteiger partial charge < -0.3 is 5.11 Å². The molecule has 1 aliphatic heterocycles. The molecule has 1 heterocycles. The number of carboxylic acid groups (broad SMARTS) is 1. The lowest BCUT2D eigenvalue weighted by Gasteiger charge is -2.13. The second kappa shape index (κ2) is 3.12. The van der Waals surface area contributed by atoms with Crippen LogP contribution in [0.25, 0.3) is 0 Å². The average molecular weight is 163 g/mol. The zero-order chi connectivity index (χ0) is 7.56. The van der Waals surface area contributed by atoms with Crippen LogP contribution in [0.3, 0.4) is 0 Å². The normalized spacial score (nSPS) is 25.3. The highest BCUT2D eigenvalue weighted by atomic mass is 32.2. The first kappa shape index (κ1) is 7.68. The highest BCUT2D eigenvalue weighted by molar-refractivity contribution is 7.93. The van der Waals surface area contributed by atoms with Crippen LogP contribution in [0.15, 0.2) is 0 Å². The van der Waals surface area contributed by atoms with Gasteiger partial charge in [0.2, 0.25) is 0 Å². The molecule has 1 saturated heterocycles. The number of carbonyl (C=O) groups is 1. The van der Waals surface area contributed by atoms with Crippen LogP contribution in [0.2, 0.25) is 0 Å². The van der Waals surface area contributed by atoms with E-state index in [-0.39, 0.29) is 6.04 Å². The molecule has 1 atom stereocenters. The Balaban J connectivity index is 2.50. The molecular formula is C5H9NO3S. The Morgan fingerprint density at radius 1 is 2.00 bits per heavy atom. The molecule has 0 radical (unpaired) electrons. The lowest BCUT2D eigenvalue weighted by Crippen LogP contribution is -2.30. The van der Waals surface area contributed by atoms with Crippen molar-refractivity contribution in [3.63, 3.8) is 0 Å². The summed E-state index contributed by atoms with van der Waals surface area (Å²) in [6.07, 6.45) is -0.117. The van der Waals surface area contributed by atoms with E-state index in [4.69, 9.17) is 9.29 Å². The van der Waals surface area contributed by atoms with Crippen LogP contribution >= 0.6 is 12.2 Å².